The summed E-state index contributed by atoms with van der Waals surface area (Å²) in [6.45, 7) is 3.95. The van der Waals surface area contributed by atoms with Crippen LogP contribution >= 0.6 is 0 Å². The molecule has 1 unspecified atom stereocenters. The topological polar surface area (TPSA) is 64.5 Å². The minimum atomic E-state index is -0.0266. The van der Waals surface area contributed by atoms with E-state index in [1.807, 2.05) is 24.3 Å². The summed E-state index contributed by atoms with van der Waals surface area (Å²) in [7, 11) is 3.77. The summed E-state index contributed by atoms with van der Waals surface area (Å²) < 4.78 is 19.3. The Morgan fingerprint density at radius 2 is 1.94 bits per heavy atom. The van der Waals surface area contributed by atoms with Crippen molar-refractivity contribution in [1.82, 2.24) is 19.7 Å². The SMILES string of the molecule is COc1ccc(OCCc2cc(C3CN(Cc4cn(C)c5ccccc45)CCO3)n[nH]2)cc1. The van der Waals surface area contributed by atoms with Crippen LogP contribution in [-0.4, -0.2) is 53.1 Å². The molecule has 0 amide bonds. The van der Waals surface area contributed by atoms with E-state index >= 15 is 0 Å². The number of aromatic amines is 1. The van der Waals surface area contributed by atoms with Gasteiger partial charge in [0, 0.05) is 55.9 Å². The van der Waals surface area contributed by atoms with E-state index in [0.717, 1.165) is 48.9 Å². The summed E-state index contributed by atoms with van der Waals surface area (Å²) in [5.41, 5.74) is 4.63. The van der Waals surface area contributed by atoms with Crippen molar-refractivity contribution in [1.29, 1.82) is 0 Å². The molecule has 2 aromatic carbocycles. The standard InChI is InChI=1S/C26H30N4O3/c1-29-16-19(23-5-3-4-6-25(23)29)17-30-12-14-33-26(18-30)24-15-20(27-28-24)11-13-32-22-9-7-21(31-2)8-10-22/h3-10,15-16,26H,11-14,17-18H2,1-2H3,(H,27,28). The zero-order valence-electron chi connectivity index (χ0n) is 19.2. The van der Waals surface area contributed by atoms with Crippen molar-refractivity contribution in [3.63, 3.8) is 0 Å². The number of fused-ring (bicyclic) bond motifs is 1. The molecule has 4 aromatic rings. The lowest BCUT2D eigenvalue weighted by Gasteiger charge is -2.32. The first kappa shape index (κ1) is 21.6. The second-order valence-electron chi connectivity index (χ2n) is 8.47. The Kier molecular flexibility index (Phi) is 6.32. The molecule has 0 saturated carbocycles. The number of hydrogen-bond donors (Lipinski definition) is 1. The molecule has 7 nitrogen and oxygen atoms in total. The third-order valence-corrected chi connectivity index (χ3v) is 6.20. The second kappa shape index (κ2) is 9.68. The average molecular weight is 447 g/mol. The Balaban J connectivity index is 1.17. The van der Waals surface area contributed by atoms with Crippen LogP contribution in [0.3, 0.4) is 0 Å². The summed E-state index contributed by atoms with van der Waals surface area (Å²) >= 11 is 0. The highest BCUT2D eigenvalue weighted by Gasteiger charge is 2.25. The third kappa shape index (κ3) is 4.89. The predicted octanol–water partition coefficient (Wildman–Crippen LogP) is 4.11. The van der Waals surface area contributed by atoms with Gasteiger partial charge in [-0.2, -0.15) is 5.10 Å². The van der Waals surface area contributed by atoms with Gasteiger partial charge < -0.3 is 18.8 Å². The molecule has 0 aliphatic carbocycles. The summed E-state index contributed by atoms with van der Waals surface area (Å²) in [5.74, 6) is 1.65. The van der Waals surface area contributed by atoms with Gasteiger partial charge in [0.25, 0.3) is 0 Å². The molecule has 1 aliphatic heterocycles. The minimum Gasteiger partial charge on any atom is -0.497 e. The summed E-state index contributed by atoms with van der Waals surface area (Å²) in [6, 6.07) is 18.3. The van der Waals surface area contributed by atoms with Gasteiger partial charge in [0.15, 0.2) is 0 Å². The van der Waals surface area contributed by atoms with Crippen LogP contribution in [-0.2, 0) is 24.8 Å². The first-order chi connectivity index (χ1) is 16.2. The number of aromatic nitrogens is 3. The largest absolute Gasteiger partial charge is 0.497 e. The average Bonchev–Trinajstić information content (AvgIpc) is 3.45. The van der Waals surface area contributed by atoms with Crippen molar-refractivity contribution >= 4 is 10.9 Å². The zero-order valence-corrected chi connectivity index (χ0v) is 19.2. The highest BCUT2D eigenvalue weighted by atomic mass is 16.5. The molecule has 7 heteroatoms. The maximum absolute atomic E-state index is 6.06. The Hall–Kier alpha value is -3.29. The van der Waals surface area contributed by atoms with Gasteiger partial charge in [0.1, 0.15) is 17.6 Å². The van der Waals surface area contributed by atoms with Gasteiger partial charge in [-0.25, -0.2) is 0 Å². The van der Waals surface area contributed by atoms with Crippen LogP contribution in [0.15, 0.2) is 60.8 Å². The maximum Gasteiger partial charge on any atom is 0.119 e. The van der Waals surface area contributed by atoms with Crippen LogP contribution in [0.1, 0.15) is 23.1 Å². The summed E-state index contributed by atoms with van der Waals surface area (Å²) in [6.07, 6.45) is 2.97. The van der Waals surface area contributed by atoms with Crippen LogP contribution in [0.4, 0.5) is 0 Å². The molecular formula is C26H30N4O3. The number of H-pyrrole nitrogens is 1. The lowest BCUT2D eigenvalue weighted by atomic mass is 10.1. The van der Waals surface area contributed by atoms with Crippen molar-refractivity contribution < 1.29 is 14.2 Å². The number of aryl methyl sites for hydroxylation is 1. The molecule has 0 radical (unpaired) electrons. The van der Waals surface area contributed by atoms with E-state index in [2.05, 4.69) is 63.2 Å². The van der Waals surface area contributed by atoms with Crippen LogP contribution in [0.25, 0.3) is 10.9 Å². The Bertz CT molecular complexity index is 1200. The maximum atomic E-state index is 6.06. The molecule has 33 heavy (non-hydrogen) atoms. The van der Waals surface area contributed by atoms with E-state index < -0.39 is 0 Å². The molecule has 1 N–H and O–H groups in total. The zero-order chi connectivity index (χ0) is 22.6. The molecule has 1 atom stereocenters. The number of ether oxygens (including phenoxy) is 3. The van der Waals surface area contributed by atoms with Gasteiger partial charge in [-0.3, -0.25) is 10.00 Å². The Labute approximate surface area is 193 Å². The molecule has 3 heterocycles. The molecular weight excluding hydrogens is 416 g/mol. The first-order valence-corrected chi connectivity index (χ1v) is 11.4. The van der Waals surface area contributed by atoms with Gasteiger partial charge in [-0.05, 0) is 42.0 Å². The molecule has 1 fully saturated rings. The lowest BCUT2D eigenvalue weighted by Crippen LogP contribution is -2.37. The predicted molar refractivity (Wildman–Crippen MR) is 128 cm³/mol. The van der Waals surface area contributed by atoms with Gasteiger partial charge in [0.05, 0.1) is 26.0 Å². The van der Waals surface area contributed by atoms with E-state index in [-0.39, 0.29) is 6.10 Å². The van der Waals surface area contributed by atoms with Crippen LogP contribution in [0.5, 0.6) is 11.5 Å². The van der Waals surface area contributed by atoms with Crippen molar-refractivity contribution in [2.24, 2.45) is 7.05 Å². The Morgan fingerprint density at radius 1 is 1.12 bits per heavy atom. The first-order valence-electron chi connectivity index (χ1n) is 11.4. The smallest absolute Gasteiger partial charge is 0.119 e. The molecule has 0 bridgehead atoms. The number of nitrogens with zero attached hydrogens (tertiary/aromatic N) is 3. The van der Waals surface area contributed by atoms with Gasteiger partial charge in [-0.1, -0.05) is 18.2 Å². The van der Waals surface area contributed by atoms with Crippen LogP contribution in [0.2, 0.25) is 0 Å². The number of nitrogens with one attached hydrogen (secondary N) is 1. The van der Waals surface area contributed by atoms with Gasteiger partial charge in [-0.15, -0.1) is 0 Å². The van der Waals surface area contributed by atoms with E-state index in [1.54, 1.807) is 7.11 Å². The lowest BCUT2D eigenvalue weighted by molar-refractivity contribution is -0.0349. The number of methoxy groups -OCH3 is 1. The van der Waals surface area contributed by atoms with E-state index in [4.69, 9.17) is 14.2 Å². The fourth-order valence-corrected chi connectivity index (χ4v) is 4.44. The van der Waals surface area contributed by atoms with E-state index in [0.29, 0.717) is 13.2 Å². The normalized spacial score (nSPS) is 16.8. The highest BCUT2D eigenvalue weighted by Crippen LogP contribution is 2.26. The molecule has 172 valence electrons. The fourth-order valence-electron chi connectivity index (χ4n) is 4.44. The molecule has 2 aromatic heterocycles. The number of morpholine rings is 1. The van der Waals surface area contributed by atoms with Crippen LogP contribution < -0.4 is 9.47 Å². The van der Waals surface area contributed by atoms with Gasteiger partial charge in [0.2, 0.25) is 0 Å². The van der Waals surface area contributed by atoms with Gasteiger partial charge >= 0.3 is 0 Å². The van der Waals surface area contributed by atoms with Crippen molar-refractivity contribution in [2.45, 2.75) is 19.1 Å². The van der Waals surface area contributed by atoms with Crippen molar-refractivity contribution in [2.75, 3.05) is 33.4 Å². The van der Waals surface area contributed by atoms with E-state index in [9.17, 15) is 0 Å². The molecule has 1 saturated heterocycles. The highest BCUT2D eigenvalue weighted by molar-refractivity contribution is 5.83. The van der Waals surface area contributed by atoms with Crippen molar-refractivity contribution in [3.8, 4) is 11.5 Å². The number of benzene rings is 2. The third-order valence-electron chi connectivity index (χ3n) is 6.20. The minimum absolute atomic E-state index is 0.0266. The summed E-state index contributed by atoms with van der Waals surface area (Å²) in [4.78, 5) is 2.46. The van der Waals surface area contributed by atoms with Crippen LogP contribution in [0, 0.1) is 0 Å². The molecule has 5 rings (SSSR count). The van der Waals surface area contributed by atoms with E-state index in [1.165, 1.54) is 16.5 Å². The Morgan fingerprint density at radius 3 is 2.79 bits per heavy atom. The monoisotopic (exact) mass is 446 g/mol. The number of hydrogen-bond acceptors (Lipinski definition) is 5. The molecule has 1 aliphatic rings. The second-order valence-corrected chi connectivity index (χ2v) is 8.47. The van der Waals surface area contributed by atoms with Crippen molar-refractivity contribution in [3.05, 3.63) is 77.7 Å². The fraction of sp³-hybridized carbons (Fsp3) is 0.346. The number of para-hydroxylation sites is 1. The quantitative estimate of drug-likeness (QED) is 0.441. The number of rotatable bonds is 8. The molecule has 0 spiro atoms. The summed E-state index contributed by atoms with van der Waals surface area (Å²) in [5, 5.41) is 9.00.